The van der Waals surface area contributed by atoms with Crippen molar-refractivity contribution >= 4 is 17.3 Å². The summed E-state index contributed by atoms with van der Waals surface area (Å²) in [5, 5.41) is 6.51. The lowest BCUT2D eigenvalue weighted by Crippen LogP contribution is -2.37. The van der Waals surface area contributed by atoms with Crippen LogP contribution < -0.4 is 15.5 Å². The molecular weight excluding hydrogens is 374 g/mol. The molecule has 1 fully saturated rings. The van der Waals surface area contributed by atoms with E-state index in [1.54, 1.807) is 0 Å². The molecule has 1 aliphatic rings. The minimum absolute atomic E-state index is 0.0485. The summed E-state index contributed by atoms with van der Waals surface area (Å²) < 4.78 is 5.45. The zero-order valence-electron chi connectivity index (χ0n) is 17.0. The lowest BCUT2D eigenvalue weighted by molar-refractivity contribution is -0.115. The Hall–Kier alpha value is -3.15. The highest BCUT2D eigenvalue weighted by atomic mass is 16.5. The minimum atomic E-state index is -0.0624. The van der Waals surface area contributed by atoms with Gasteiger partial charge >= 0.3 is 0 Å². The molecule has 0 unspecified atom stereocenters. The molecule has 1 amide bonds. The van der Waals surface area contributed by atoms with Crippen LogP contribution in [0.4, 0.5) is 11.4 Å². The SMILES string of the molecule is O=C(CNC(c1ccccc1)c1ccccc1)Nc1ccccc1N1CCOCC1. The predicted octanol–water partition coefficient (Wildman–Crippen LogP) is 3.84. The third-order valence-corrected chi connectivity index (χ3v) is 5.26. The molecule has 154 valence electrons. The van der Waals surface area contributed by atoms with Crippen molar-refractivity contribution in [3.05, 3.63) is 96.1 Å². The third-order valence-electron chi connectivity index (χ3n) is 5.26. The second-order valence-electron chi connectivity index (χ2n) is 7.30. The Morgan fingerprint density at radius 3 is 2.03 bits per heavy atom. The molecule has 2 N–H and O–H groups in total. The summed E-state index contributed by atoms with van der Waals surface area (Å²) in [5.74, 6) is -0.0624. The summed E-state index contributed by atoms with van der Waals surface area (Å²) in [7, 11) is 0. The normalized spacial score (nSPS) is 14.0. The lowest BCUT2D eigenvalue weighted by atomic mass is 9.99. The van der Waals surface area contributed by atoms with Gasteiger partial charge < -0.3 is 15.0 Å². The summed E-state index contributed by atoms with van der Waals surface area (Å²) in [5.41, 5.74) is 4.13. The maximum atomic E-state index is 12.8. The Morgan fingerprint density at radius 1 is 0.833 bits per heavy atom. The Bertz CT molecular complexity index is 901. The highest BCUT2D eigenvalue weighted by Gasteiger charge is 2.17. The van der Waals surface area contributed by atoms with Gasteiger partial charge in [-0.3, -0.25) is 10.1 Å². The van der Waals surface area contributed by atoms with Crippen LogP contribution in [0.15, 0.2) is 84.9 Å². The van der Waals surface area contributed by atoms with Crippen molar-refractivity contribution in [2.24, 2.45) is 0 Å². The number of ether oxygens (including phenoxy) is 1. The van der Waals surface area contributed by atoms with Gasteiger partial charge in [-0.05, 0) is 23.3 Å². The number of benzene rings is 3. The summed E-state index contributed by atoms with van der Waals surface area (Å²) in [6, 6.07) is 28.3. The zero-order valence-corrected chi connectivity index (χ0v) is 17.0. The van der Waals surface area contributed by atoms with Crippen LogP contribution in [-0.2, 0) is 9.53 Å². The first kappa shape index (κ1) is 20.1. The van der Waals surface area contributed by atoms with E-state index in [0.717, 1.165) is 35.6 Å². The minimum Gasteiger partial charge on any atom is -0.378 e. The molecule has 30 heavy (non-hydrogen) atoms. The van der Waals surface area contributed by atoms with Gasteiger partial charge in [0.25, 0.3) is 0 Å². The fraction of sp³-hybridized carbons (Fsp3) is 0.240. The Kier molecular flexibility index (Phi) is 6.75. The first-order chi connectivity index (χ1) is 14.8. The number of hydrogen-bond acceptors (Lipinski definition) is 4. The number of hydrogen-bond donors (Lipinski definition) is 2. The number of amides is 1. The molecule has 5 nitrogen and oxygen atoms in total. The number of nitrogens with one attached hydrogen (secondary N) is 2. The van der Waals surface area contributed by atoms with E-state index in [4.69, 9.17) is 4.74 Å². The first-order valence-electron chi connectivity index (χ1n) is 10.4. The predicted molar refractivity (Wildman–Crippen MR) is 121 cm³/mol. The van der Waals surface area contributed by atoms with E-state index >= 15 is 0 Å². The van der Waals surface area contributed by atoms with Crippen LogP contribution in [0.1, 0.15) is 17.2 Å². The van der Waals surface area contributed by atoms with Gasteiger partial charge in [0.15, 0.2) is 0 Å². The van der Waals surface area contributed by atoms with Gasteiger partial charge in [0, 0.05) is 13.1 Å². The second kappa shape index (κ2) is 10.1. The number of nitrogens with zero attached hydrogens (tertiary/aromatic N) is 1. The maximum Gasteiger partial charge on any atom is 0.238 e. The second-order valence-corrected chi connectivity index (χ2v) is 7.30. The monoisotopic (exact) mass is 401 g/mol. The molecule has 0 spiro atoms. The molecule has 4 rings (SSSR count). The molecule has 0 saturated carbocycles. The highest BCUT2D eigenvalue weighted by molar-refractivity contribution is 5.95. The molecule has 3 aromatic carbocycles. The van der Waals surface area contributed by atoms with Crippen molar-refractivity contribution in [3.63, 3.8) is 0 Å². The number of rotatable bonds is 7. The molecule has 0 aliphatic carbocycles. The molecule has 0 bridgehead atoms. The van der Waals surface area contributed by atoms with Crippen molar-refractivity contribution in [1.29, 1.82) is 0 Å². The van der Waals surface area contributed by atoms with E-state index in [0.29, 0.717) is 13.2 Å². The fourth-order valence-electron chi connectivity index (χ4n) is 3.77. The van der Waals surface area contributed by atoms with Crippen molar-refractivity contribution in [3.8, 4) is 0 Å². The number of anilines is 2. The summed E-state index contributed by atoms with van der Waals surface area (Å²) in [4.78, 5) is 15.1. The summed E-state index contributed by atoms with van der Waals surface area (Å²) in [6.07, 6.45) is 0. The molecule has 5 heteroatoms. The summed E-state index contributed by atoms with van der Waals surface area (Å²) in [6.45, 7) is 3.29. The van der Waals surface area contributed by atoms with E-state index in [1.165, 1.54) is 0 Å². The van der Waals surface area contributed by atoms with Crippen LogP contribution in [0.25, 0.3) is 0 Å². The van der Waals surface area contributed by atoms with Crippen LogP contribution in [0.5, 0.6) is 0 Å². The largest absolute Gasteiger partial charge is 0.378 e. The average molecular weight is 402 g/mol. The third kappa shape index (κ3) is 5.06. The number of morpholine rings is 1. The topological polar surface area (TPSA) is 53.6 Å². The molecule has 1 saturated heterocycles. The van der Waals surface area contributed by atoms with Gasteiger partial charge in [-0.25, -0.2) is 0 Å². The molecule has 1 aliphatic heterocycles. The van der Waals surface area contributed by atoms with Gasteiger partial charge in [0.1, 0.15) is 0 Å². The highest BCUT2D eigenvalue weighted by Crippen LogP contribution is 2.26. The van der Waals surface area contributed by atoms with Crippen LogP contribution in [-0.4, -0.2) is 38.8 Å². The van der Waals surface area contributed by atoms with Crippen LogP contribution >= 0.6 is 0 Å². The van der Waals surface area contributed by atoms with E-state index < -0.39 is 0 Å². The fourth-order valence-corrected chi connectivity index (χ4v) is 3.77. The van der Waals surface area contributed by atoms with E-state index in [-0.39, 0.29) is 18.5 Å². The van der Waals surface area contributed by atoms with Crippen molar-refractivity contribution in [2.45, 2.75) is 6.04 Å². The quantitative estimate of drug-likeness (QED) is 0.632. The average Bonchev–Trinajstić information content (AvgIpc) is 2.81. The standard InChI is InChI=1S/C25H27N3O2/c29-24(27-22-13-7-8-14-23(22)28-15-17-30-18-16-28)19-26-25(20-9-3-1-4-10-20)21-11-5-2-6-12-21/h1-14,25-26H,15-19H2,(H,27,29). The Labute approximate surface area is 177 Å². The molecular formula is C25H27N3O2. The first-order valence-corrected chi connectivity index (χ1v) is 10.4. The van der Waals surface area contributed by atoms with Crippen LogP contribution in [0.2, 0.25) is 0 Å². The van der Waals surface area contributed by atoms with E-state index in [9.17, 15) is 4.79 Å². The van der Waals surface area contributed by atoms with Gasteiger partial charge in [0.05, 0.1) is 37.2 Å². The lowest BCUT2D eigenvalue weighted by Gasteiger charge is -2.30. The number of carbonyl (C=O) groups is 1. The van der Waals surface area contributed by atoms with Crippen molar-refractivity contribution in [2.75, 3.05) is 43.1 Å². The van der Waals surface area contributed by atoms with Gasteiger partial charge in [-0.2, -0.15) is 0 Å². The molecule has 3 aromatic rings. The van der Waals surface area contributed by atoms with Crippen molar-refractivity contribution < 1.29 is 9.53 Å². The number of carbonyl (C=O) groups excluding carboxylic acids is 1. The molecule has 0 radical (unpaired) electrons. The van der Waals surface area contributed by atoms with Crippen LogP contribution in [0, 0.1) is 0 Å². The maximum absolute atomic E-state index is 12.8. The zero-order chi connectivity index (χ0) is 20.6. The molecule has 0 aromatic heterocycles. The van der Waals surface area contributed by atoms with E-state index in [2.05, 4.69) is 39.8 Å². The van der Waals surface area contributed by atoms with Gasteiger partial charge in [0.2, 0.25) is 5.91 Å². The number of para-hydroxylation sites is 2. The Balaban J connectivity index is 1.45. The molecule has 0 atom stereocenters. The molecule has 1 heterocycles. The summed E-state index contributed by atoms with van der Waals surface area (Å²) >= 11 is 0. The Morgan fingerprint density at radius 2 is 1.40 bits per heavy atom. The van der Waals surface area contributed by atoms with Gasteiger partial charge in [-0.15, -0.1) is 0 Å². The van der Waals surface area contributed by atoms with Gasteiger partial charge in [-0.1, -0.05) is 72.8 Å². The van der Waals surface area contributed by atoms with Crippen molar-refractivity contribution in [1.82, 2.24) is 5.32 Å². The smallest absolute Gasteiger partial charge is 0.238 e. The van der Waals surface area contributed by atoms with Crippen LogP contribution in [0.3, 0.4) is 0 Å². The van der Waals surface area contributed by atoms with E-state index in [1.807, 2.05) is 60.7 Å².